The average Bonchev–Trinajstić information content (AvgIpc) is 3.16. The summed E-state index contributed by atoms with van der Waals surface area (Å²) in [5.41, 5.74) is 3.21. The van der Waals surface area contributed by atoms with Crippen LogP contribution in [0.15, 0.2) is 12.1 Å². The highest BCUT2D eigenvalue weighted by atomic mass is 32.1. The van der Waals surface area contributed by atoms with Gasteiger partial charge in [0.15, 0.2) is 5.13 Å². The summed E-state index contributed by atoms with van der Waals surface area (Å²) in [4.78, 5) is 45.5. The van der Waals surface area contributed by atoms with Crippen molar-refractivity contribution < 1.29 is 19.3 Å². The first-order valence-electron chi connectivity index (χ1n) is 9.56. The highest BCUT2D eigenvalue weighted by molar-refractivity contribution is 7.22. The molecule has 1 fully saturated rings. The van der Waals surface area contributed by atoms with E-state index in [1.807, 2.05) is 13.0 Å². The topological polar surface area (TPSA) is 75.0 Å². The molecule has 1 aromatic carbocycles. The van der Waals surface area contributed by atoms with Gasteiger partial charge in [0, 0.05) is 25.8 Å². The number of imide groups is 1. The molecular formula is C20H27N4O3S+. The molecule has 0 bridgehead atoms. The molecule has 150 valence electrons. The van der Waals surface area contributed by atoms with Crippen LogP contribution in [0, 0.1) is 13.8 Å². The lowest BCUT2D eigenvalue weighted by Gasteiger charge is -2.22. The van der Waals surface area contributed by atoms with Crippen molar-refractivity contribution in [2.45, 2.75) is 33.1 Å². The smallest absolute Gasteiger partial charge is 0.248 e. The standard InChI is InChI=1S/C20H26N4O3S/c1-13-10-15-16(11-14(13)2)28-20(21-15)23(9-5-8-22(3)4)19(27)12-24-17(25)6-7-18(24)26/h10-11H,5-9,12H2,1-4H3/p+1. The number of quaternary nitrogens is 1. The molecular weight excluding hydrogens is 376 g/mol. The van der Waals surface area contributed by atoms with E-state index in [-0.39, 0.29) is 37.1 Å². The van der Waals surface area contributed by atoms with Crippen LogP contribution in [0.5, 0.6) is 0 Å². The quantitative estimate of drug-likeness (QED) is 0.698. The van der Waals surface area contributed by atoms with Crippen molar-refractivity contribution in [3.05, 3.63) is 23.3 Å². The van der Waals surface area contributed by atoms with E-state index in [2.05, 4.69) is 32.1 Å². The largest absolute Gasteiger partial charge is 0.340 e. The molecule has 0 unspecified atom stereocenters. The van der Waals surface area contributed by atoms with Gasteiger partial charge in [-0.2, -0.15) is 0 Å². The molecule has 1 aliphatic heterocycles. The van der Waals surface area contributed by atoms with Gasteiger partial charge in [-0.15, -0.1) is 0 Å². The number of hydrogen-bond acceptors (Lipinski definition) is 5. The highest BCUT2D eigenvalue weighted by Gasteiger charge is 2.32. The number of anilines is 1. The molecule has 1 N–H and O–H groups in total. The van der Waals surface area contributed by atoms with Crippen molar-refractivity contribution in [3.63, 3.8) is 0 Å². The first-order valence-corrected chi connectivity index (χ1v) is 10.4. The fraction of sp³-hybridized carbons (Fsp3) is 0.500. The SMILES string of the molecule is Cc1cc2nc(N(CCC[NH+](C)C)C(=O)CN3C(=O)CCC3=O)sc2cc1C. The number of hydrogen-bond donors (Lipinski definition) is 1. The first-order chi connectivity index (χ1) is 13.3. The number of thiazole rings is 1. The van der Waals surface area contributed by atoms with E-state index in [1.54, 1.807) is 4.90 Å². The predicted molar refractivity (Wildman–Crippen MR) is 110 cm³/mol. The second-order valence-corrected chi connectivity index (χ2v) is 8.64. The third-order valence-electron chi connectivity index (χ3n) is 5.03. The van der Waals surface area contributed by atoms with Crippen molar-refractivity contribution in [2.24, 2.45) is 0 Å². The van der Waals surface area contributed by atoms with E-state index in [0.29, 0.717) is 11.7 Å². The molecule has 1 aliphatic rings. The fourth-order valence-corrected chi connectivity index (χ4v) is 4.31. The molecule has 0 spiro atoms. The second kappa shape index (κ2) is 8.36. The van der Waals surface area contributed by atoms with Crippen molar-refractivity contribution in [2.75, 3.05) is 38.6 Å². The van der Waals surface area contributed by atoms with E-state index in [0.717, 1.165) is 33.6 Å². The third-order valence-corrected chi connectivity index (χ3v) is 6.07. The van der Waals surface area contributed by atoms with E-state index in [4.69, 9.17) is 0 Å². The Morgan fingerprint density at radius 1 is 1.18 bits per heavy atom. The summed E-state index contributed by atoms with van der Waals surface area (Å²) in [6, 6.07) is 4.12. The molecule has 28 heavy (non-hydrogen) atoms. The number of carbonyl (C=O) groups excluding carboxylic acids is 3. The van der Waals surface area contributed by atoms with E-state index in [9.17, 15) is 14.4 Å². The van der Waals surface area contributed by atoms with Gasteiger partial charge in [0.05, 0.1) is 30.9 Å². The number of nitrogens with one attached hydrogen (secondary N) is 1. The predicted octanol–water partition coefficient (Wildman–Crippen LogP) is 0.930. The van der Waals surface area contributed by atoms with Crippen molar-refractivity contribution in [1.29, 1.82) is 0 Å². The van der Waals surface area contributed by atoms with Crippen LogP contribution >= 0.6 is 11.3 Å². The van der Waals surface area contributed by atoms with Crippen LogP contribution in [0.25, 0.3) is 10.2 Å². The van der Waals surface area contributed by atoms with Gasteiger partial charge in [-0.1, -0.05) is 11.3 Å². The number of aromatic nitrogens is 1. The van der Waals surface area contributed by atoms with Gasteiger partial charge in [-0.25, -0.2) is 4.98 Å². The number of rotatable bonds is 7. The maximum atomic E-state index is 13.0. The minimum absolute atomic E-state index is 0.190. The molecule has 0 atom stereocenters. The van der Waals surface area contributed by atoms with E-state index < -0.39 is 0 Å². The molecule has 0 aliphatic carbocycles. The number of likely N-dealkylation sites (tertiary alicyclic amines) is 1. The molecule has 3 rings (SSSR count). The zero-order chi connectivity index (χ0) is 20.4. The summed E-state index contributed by atoms with van der Waals surface area (Å²) in [7, 11) is 4.13. The van der Waals surface area contributed by atoms with Crippen LogP contribution in [0.2, 0.25) is 0 Å². The molecule has 1 saturated heterocycles. The maximum Gasteiger partial charge on any atom is 0.248 e. The minimum Gasteiger partial charge on any atom is -0.340 e. The number of nitrogens with zero attached hydrogens (tertiary/aromatic N) is 3. The van der Waals surface area contributed by atoms with Gasteiger partial charge in [-0.05, 0) is 37.1 Å². The number of fused-ring (bicyclic) bond motifs is 1. The Morgan fingerprint density at radius 2 is 1.82 bits per heavy atom. The Labute approximate surface area is 168 Å². The van der Waals surface area contributed by atoms with Gasteiger partial charge in [-0.3, -0.25) is 24.2 Å². The van der Waals surface area contributed by atoms with Crippen LogP contribution in [0.3, 0.4) is 0 Å². The summed E-state index contributed by atoms with van der Waals surface area (Å²) in [5.74, 6) is -0.803. The van der Waals surface area contributed by atoms with Gasteiger partial charge >= 0.3 is 0 Å². The Kier molecular flexibility index (Phi) is 6.10. The Bertz CT molecular complexity index is 867. The summed E-state index contributed by atoms with van der Waals surface area (Å²) < 4.78 is 1.03. The summed E-state index contributed by atoms with van der Waals surface area (Å²) in [5, 5.41) is 0.623. The first kappa shape index (κ1) is 20.4. The summed E-state index contributed by atoms with van der Waals surface area (Å²) in [6.45, 7) is 5.32. The van der Waals surface area contributed by atoms with Gasteiger partial charge < -0.3 is 4.90 Å². The lowest BCUT2D eigenvalue weighted by Crippen LogP contribution is -3.05. The Hall–Kier alpha value is -2.32. The molecule has 0 saturated carbocycles. The van der Waals surface area contributed by atoms with Gasteiger partial charge in [0.25, 0.3) is 0 Å². The van der Waals surface area contributed by atoms with Crippen LogP contribution in [-0.2, 0) is 14.4 Å². The lowest BCUT2D eigenvalue weighted by molar-refractivity contribution is -0.858. The van der Waals surface area contributed by atoms with Crippen LogP contribution in [0.1, 0.15) is 30.4 Å². The molecule has 3 amide bonds. The van der Waals surface area contributed by atoms with Crippen LogP contribution in [0.4, 0.5) is 5.13 Å². The fourth-order valence-electron chi connectivity index (χ4n) is 3.22. The molecule has 0 radical (unpaired) electrons. The second-order valence-electron chi connectivity index (χ2n) is 7.63. The highest BCUT2D eigenvalue weighted by Crippen LogP contribution is 2.31. The van der Waals surface area contributed by atoms with Crippen molar-refractivity contribution in [1.82, 2.24) is 9.88 Å². The van der Waals surface area contributed by atoms with E-state index in [1.165, 1.54) is 21.8 Å². The van der Waals surface area contributed by atoms with Gasteiger partial charge in [0.1, 0.15) is 6.54 Å². The van der Waals surface area contributed by atoms with E-state index >= 15 is 0 Å². The Balaban J connectivity index is 1.86. The van der Waals surface area contributed by atoms with Gasteiger partial charge in [0.2, 0.25) is 17.7 Å². The molecule has 8 heteroatoms. The number of benzene rings is 1. The third kappa shape index (κ3) is 4.39. The molecule has 2 heterocycles. The number of aryl methyl sites for hydroxylation is 2. The lowest BCUT2D eigenvalue weighted by atomic mass is 10.1. The van der Waals surface area contributed by atoms with Crippen LogP contribution < -0.4 is 9.80 Å². The summed E-state index contributed by atoms with van der Waals surface area (Å²) >= 11 is 1.47. The molecule has 7 nitrogen and oxygen atoms in total. The molecule has 1 aromatic heterocycles. The van der Waals surface area contributed by atoms with Crippen molar-refractivity contribution in [3.8, 4) is 0 Å². The maximum absolute atomic E-state index is 13.0. The van der Waals surface area contributed by atoms with Crippen LogP contribution in [-0.4, -0.2) is 61.3 Å². The normalized spacial score (nSPS) is 14.5. The zero-order valence-electron chi connectivity index (χ0n) is 16.9. The monoisotopic (exact) mass is 403 g/mol. The summed E-state index contributed by atoms with van der Waals surface area (Å²) in [6.07, 6.45) is 1.19. The average molecular weight is 404 g/mol. The number of amides is 3. The Morgan fingerprint density at radius 3 is 2.46 bits per heavy atom. The molecule has 2 aromatic rings. The zero-order valence-corrected chi connectivity index (χ0v) is 17.7. The minimum atomic E-state index is -0.272. The van der Waals surface area contributed by atoms with Crippen molar-refractivity contribution >= 4 is 44.4 Å². The number of carbonyl (C=O) groups is 3.